The molecule has 7 heterocycles. The summed E-state index contributed by atoms with van der Waals surface area (Å²) in [5.41, 5.74) is -1.24. The number of benzene rings is 1. The second kappa shape index (κ2) is 21.1. The summed E-state index contributed by atoms with van der Waals surface area (Å²) < 4.78 is 76.2. The van der Waals surface area contributed by atoms with Gasteiger partial charge in [-0.3, -0.25) is 41.6 Å². The Kier molecular flexibility index (Phi) is 15.4. The van der Waals surface area contributed by atoms with Crippen LogP contribution in [0.2, 0.25) is 0 Å². The number of pyridine rings is 1. The van der Waals surface area contributed by atoms with Gasteiger partial charge in [0.15, 0.2) is 35.4 Å². The van der Waals surface area contributed by atoms with E-state index in [1.54, 1.807) is 65.0 Å². The minimum absolute atomic E-state index is 0.0360. The number of phosphoric acid groups is 2. The fourth-order valence-corrected chi connectivity index (χ4v) is 9.75. The van der Waals surface area contributed by atoms with E-state index >= 15 is 0 Å². The average Bonchev–Trinajstić information content (AvgIpc) is 4.10. The molecule has 394 valence electrons. The molecule has 73 heavy (non-hydrogen) atoms. The smallest absolute Gasteiger partial charge is 0.444 e. The first-order chi connectivity index (χ1) is 34.4. The van der Waals surface area contributed by atoms with Gasteiger partial charge in [-0.25, -0.2) is 38.7 Å². The van der Waals surface area contributed by atoms with Gasteiger partial charge in [0.1, 0.15) is 53.2 Å². The number of ketones is 1. The standard InChI is InChI=1S/C43H54N10O18P2/c1-22(2)25(54)17-28-48-36-30(38(57)49-28)46-21-53(36)39-33-31(55)26(66-39)18-64-72(60,61)70-32-27(19-65-73(62,63)71-33)67-40(34(32)68-41(58)50(6)15-16-51(7)42(59)69-43(3,4)5)52-20-45-29-24(13-14-44-35(29)52)47-37(56)23-11-9-8-10-12-23/h8-14,20-22,26-27,31-34,39-40,55H,15-19H2,1-7H3,(H,60,61)(H,62,63)(H,44,47,56)(H,48,49,57)/t26-,27-,31-,32-,33-,34-,39-,40-/m1/s1. The lowest BCUT2D eigenvalue weighted by Crippen LogP contribution is -2.44. The molecular weight excluding hydrogens is 1010 g/mol. The predicted octanol–water partition coefficient (Wildman–Crippen LogP) is 3.06. The number of carbonyl (C=O) groups is 4. The summed E-state index contributed by atoms with van der Waals surface area (Å²) in [5, 5.41) is 14.3. The fraction of sp³-hybridized carbons (Fsp3) is 0.512. The van der Waals surface area contributed by atoms with Gasteiger partial charge in [0.2, 0.25) is 0 Å². The van der Waals surface area contributed by atoms with Gasteiger partial charge in [-0.2, -0.15) is 0 Å². The number of anilines is 1. The van der Waals surface area contributed by atoms with E-state index in [0.717, 1.165) is 15.8 Å². The van der Waals surface area contributed by atoms with Crippen LogP contribution in [0.5, 0.6) is 0 Å². The number of hydrogen-bond donors (Lipinski definition) is 5. The zero-order valence-corrected chi connectivity index (χ0v) is 42.2. The zero-order chi connectivity index (χ0) is 52.7. The van der Waals surface area contributed by atoms with Crippen molar-refractivity contribution in [1.29, 1.82) is 0 Å². The quantitative estimate of drug-likeness (QED) is 0.119. The number of nitrogens with zero attached hydrogens (tertiary/aromatic N) is 8. The maximum Gasteiger partial charge on any atom is 0.472 e. The first-order valence-corrected chi connectivity index (χ1v) is 25.7. The molecule has 8 rings (SSSR count). The highest BCUT2D eigenvalue weighted by Gasteiger charge is 2.56. The van der Waals surface area contributed by atoms with Crippen molar-refractivity contribution in [3.05, 3.63) is 77.0 Å². The van der Waals surface area contributed by atoms with Gasteiger partial charge >= 0.3 is 27.8 Å². The second-order valence-electron chi connectivity index (χ2n) is 18.6. The van der Waals surface area contributed by atoms with E-state index in [9.17, 15) is 48.0 Å². The molecule has 28 nitrogen and oxygen atoms in total. The first kappa shape index (κ1) is 53.3. The number of imidazole rings is 2. The predicted molar refractivity (Wildman–Crippen MR) is 251 cm³/mol. The monoisotopic (exact) mass is 1060 g/mol. The van der Waals surface area contributed by atoms with Crippen LogP contribution in [-0.2, 0) is 57.4 Å². The molecule has 5 aromatic rings. The molecule has 3 aliphatic rings. The minimum atomic E-state index is -5.39. The molecule has 3 amide bonds. The van der Waals surface area contributed by atoms with Gasteiger partial charge < -0.3 is 53.9 Å². The molecule has 3 saturated heterocycles. The molecule has 3 fully saturated rings. The van der Waals surface area contributed by atoms with Crippen molar-refractivity contribution in [1.82, 2.24) is 43.9 Å². The van der Waals surface area contributed by atoms with Crippen molar-refractivity contribution < 1.29 is 80.2 Å². The van der Waals surface area contributed by atoms with Gasteiger partial charge in [-0.1, -0.05) is 32.0 Å². The lowest BCUT2D eigenvalue weighted by Gasteiger charge is -2.29. The van der Waals surface area contributed by atoms with Gasteiger partial charge in [-0.05, 0) is 39.0 Å². The Labute approximate surface area is 415 Å². The second-order valence-corrected chi connectivity index (χ2v) is 21.4. The van der Waals surface area contributed by atoms with Crippen LogP contribution in [-0.4, -0.2) is 165 Å². The Balaban J connectivity index is 1.11. The van der Waals surface area contributed by atoms with Crippen molar-refractivity contribution in [2.45, 2.75) is 95.7 Å². The van der Waals surface area contributed by atoms with Crippen LogP contribution in [0, 0.1) is 5.92 Å². The highest BCUT2D eigenvalue weighted by Crippen LogP contribution is 2.54. The van der Waals surface area contributed by atoms with Crippen LogP contribution in [0.25, 0.3) is 22.3 Å². The summed E-state index contributed by atoms with van der Waals surface area (Å²) in [6, 6.07) is 9.80. The number of aliphatic hydroxyl groups excluding tert-OH is 1. The largest absolute Gasteiger partial charge is 0.472 e. The third-order valence-corrected chi connectivity index (χ3v) is 13.7. The number of fused-ring (bicyclic) bond motifs is 5. The van der Waals surface area contributed by atoms with Crippen molar-refractivity contribution >= 4 is 67.5 Å². The van der Waals surface area contributed by atoms with Crippen molar-refractivity contribution in [2.75, 3.05) is 45.7 Å². The normalized spacial score (nSPS) is 27.7. The van der Waals surface area contributed by atoms with Gasteiger partial charge in [0, 0.05) is 44.9 Å². The molecule has 3 aliphatic heterocycles. The Morgan fingerprint density at radius 3 is 2.11 bits per heavy atom. The van der Waals surface area contributed by atoms with Gasteiger partial charge in [0.25, 0.3) is 11.5 Å². The summed E-state index contributed by atoms with van der Waals surface area (Å²) in [6.07, 6.45) is -12.3. The number of aromatic amines is 1. The summed E-state index contributed by atoms with van der Waals surface area (Å²) in [6.45, 7) is 6.31. The van der Waals surface area contributed by atoms with Crippen LogP contribution in [0.4, 0.5) is 15.3 Å². The van der Waals surface area contributed by atoms with E-state index in [1.165, 1.54) is 42.2 Å². The number of hydrogen-bond acceptors (Lipinski definition) is 20. The van der Waals surface area contributed by atoms with Crippen molar-refractivity contribution in [3.63, 3.8) is 0 Å². The number of ether oxygens (including phenoxy) is 4. The number of nitrogens with one attached hydrogen (secondary N) is 2. The average molecular weight is 1060 g/mol. The number of aromatic nitrogens is 7. The van der Waals surface area contributed by atoms with Crippen LogP contribution in [0.1, 0.15) is 63.3 Å². The molecule has 30 heteroatoms. The van der Waals surface area contributed by atoms with Gasteiger partial charge in [0.05, 0.1) is 38.0 Å². The Morgan fingerprint density at radius 2 is 1.45 bits per heavy atom. The Bertz CT molecular complexity index is 3040. The highest BCUT2D eigenvalue weighted by atomic mass is 31.2. The summed E-state index contributed by atoms with van der Waals surface area (Å²) in [5.74, 6) is -1.17. The molecule has 0 aliphatic carbocycles. The summed E-state index contributed by atoms with van der Waals surface area (Å²) in [4.78, 5) is 110. The van der Waals surface area contributed by atoms with E-state index in [1.807, 2.05) is 0 Å². The number of carbonyl (C=O) groups excluding carboxylic acids is 4. The van der Waals surface area contributed by atoms with E-state index in [-0.39, 0.29) is 59.1 Å². The number of rotatable bonds is 11. The molecule has 10 atom stereocenters. The van der Waals surface area contributed by atoms with E-state index in [2.05, 4.69) is 30.2 Å². The Hall–Kier alpha value is -6.03. The van der Waals surface area contributed by atoms with Crippen molar-refractivity contribution in [2.24, 2.45) is 5.92 Å². The maximum atomic E-state index is 14.1. The SMILES string of the molecule is CC(C)C(=O)Cc1nc2c(ncn2[C@@H]2O[C@@H]3COP(=O)(O)O[C@H]4[C@@H](OC(=O)N(C)CCN(C)C(=O)OC(C)(C)C)[C@H](n5cnc6c(NC(=O)c7ccccc7)ccnc65)O[C@@H]4COP(=O)(O)O[C@@H]2[C@@H]3O)c(=O)[nH]1. The van der Waals surface area contributed by atoms with Crippen LogP contribution in [0.15, 0.2) is 60.0 Å². The topological polar surface area (TPSA) is 350 Å². The minimum Gasteiger partial charge on any atom is -0.444 e. The van der Waals surface area contributed by atoms with E-state index < -0.39 is 113 Å². The van der Waals surface area contributed by atoms with E-state index in [0.29, 0.717) is 5.56 Å². The highest BCUT2D eigenvalue weighted by molar-refractivity contribution is 7.47. The maximum absolute atomic E-state index is 14.1. The lowest BCUT2D eigenvalue weighted by molar-refractivity contribution is -0.121. The zero-order valence-electron chi connectivity index (χ0n) is 40.4. The summed E-state index contributed by atoms with van der Waals surface area (Å²) >= 11 is 0. The van der Waals surface area contributed by atoms with E-state index in [4.69, 9.17) is 37.0 Å². The number of aliphatic hydroxyl groups is 1. The molecule has 1 aromatic carbocycles. The number of amides is 3. The third kappa shape index (κ3) is 12.0. The first-order valence-electron chi connectivity index (χ1n) is 22.7. The number of Topliss-reactive ketones (excluding diaryl/α,β-unsaturated/α-hetero) is 1. The molecule has 0 radical (unpaired) electrons. The number of likely N-dealkylation sites (N-methyl/N-ethyl adjacent to an activating group) is 2. The molecule has 0 spiro atoms. The molecule has 2 bridgehead atoms. The summed E-state index contributed by atoms with van der Waals surface area (Å²) in [7, 11) is -7.96. The Morgan fingerprint density at radius 1 is 0.849 bits per heavy atom. The van der Waals surface area contributed by atoms with Crippen molar-refractivity contribution in [3.8, 4) is 0 Å². The molecule has 0 saturated carbocycles. The third-order valence-electron chi connectivity index (χ3n) is 11.7. The molecule has 2 unspecified atom stereocenters. The van der Waals surface area contributed by atoms with Crippen LogP contribution >= 0.6 is 15.6 Å². The van der Waals surface area contributed by atoms with Crippen LogP contribution in [0.3, 0.4) is 0 Å². The lowest BCUT2D eigenvalue weighted by atomic mass is 10.1. The number of phosphoric ester groups is 2. The molecular formula is C43H54N10O18P2. The van der Waals surface area contributed by atoms with Gasteiger partial charge in [-0.15, -0.1) is 0 Å². The van der Waals surface area contributed by atoms with Crippen LogP contribution < -0.4 is 10.9 Å². The molecule has 5 N–H and O–H groups in total. The fourth-order valence-electron chi connectivity index (χ4n) is 7.86. The number of H-pyrrole nitrogens is 1. The molecule has 4 aromatic heterocycles.